The Kier molecular flexibility index (Phi) is 14.0. The van der Waals surface area contributed by atoms with E-state index < -0.39 is 11.6 Å². The Morgan fingerprint density at radius 1 is 0.432 bits per heavy atom. The third-order valence-electron chi connectivity index (χ3n) is 8.57. The molecule has 0 aliphatic heterocycles. The van der Waals surface area contributed by atoms with Gasteiger partial charge in [-0.3, -0.25) is 0 Å². The molecule has 0 aliphatic rings. The van der Waals surface area contributed by atoms with Crippen molar-refractivity contribution < 1.29 is 13.5 Å². The van der Waals surface area contributed by atoms with Crippen LogP contribution in [0.4, 0.5) is 8.78 Å². The van der Waals surface area contributed by atoms with E-state index in [1.165, 1.54) is 87.3 Å². The monoisotopic (exact) mass is 596 g/mol. The zero-order chi connectivity index (χ0) is 31.0. The number of hydrogen-bond acceptors (Lipinski definition) is 1. The van der Waals surface area contributed by atoms with Crippen molar-refractivity contribution in [2.24, 2.45) is 0 Å². The van der Waals surface area contributed by atoms with Crippen molar-refractivity contribution in [3.05, 3.63) is 102 Å². The Morgan fingerprint density at radius 2 is 0.864 bits per heavy atom. The predicted octanol–water partition coefficient (Wildman–Crippen LogP) is 13.0. The third-order valence-corrected chi connectivity index (χ3v) is 8.57. The molecule has 0 unspecified atom stereocenters. The Labute approximate surface area is 264 Å². The minimum atomic E-state index is -0.914. The van der Waals surface area contributed by atoms with Gasteiger partial charge in [-0.2, -0.15) is 4.39 Å². The minimum absolute atomic E-state index is 0.00924. The number of halogens is 2. The molecule has 234 valence electrons. The van der Waals surface area contributed by atoms with Crippen LogP contribution in [0.5, 0.6) is 5.75 Å². The first-order valence-electron chi connectivity index (χ1n) is 17.0. The van der Waals surface area contributed by atoms with Crippen molar-refractivity contribution in [2.45, 2.75) is 104 Å². The van der Waals surface area contributed by atoms with Crippen molar-refractivity contribution >= 4 is 0 Å². The lowest BCUT2D eigenvalue weighted by molar-refractivity contribution is 0.285. The molecule has 0 spiro atoms. The number of rotatable bonds is 19. The van der Waals surface area contributed by atoms with Gasteiger partial charge in [-0.15, -0.1) is 0 Å². The molecular weight excluding hydrogens is 546 g/mol. The molecule has 44 heavy (non-hydrogen) atoms. The van der Waals surface area contributed by atoms with Crippen molar-refractivity contribution in [3.8, 4) is 39.1 Å². The first-order valence-corrected chi connectivity index (χ1v) is 17.0. The smallest absolute Gasteiger partial charge is 0.201 e. The Balaban J connectivity index is 1.26. The molecule has 0 saturated heterocycles. The molecule has 0 N–H and O–H groups in total. The molecule has 1 nitrogen and oxygen atoms in total. The molecule has 4 aromatic rings. The molecule has 4 rings (SSSR count). The summed E-state index contributed by atoms with van der Waals surface area (Å²) in [6.45, 7) is 4.88. The van der Waals surface area contributed by atoms with E-state index in [-0.39, 0.29) is 11.3 Å². The number of hydrogen-bond donors (Lipinski definition) is 0. The maximum atomic E-state index is 15.1. The van der Waals surface area contributed by atoms with Crippen LogP contribution in [-0.4, -0.2) is 6.61 Å². The lowest BCUT2D eigenvalue weighted by Crippen LogP contribution is -2.01. The summed E-state index contributed by atoms with van der Waals surface area (Å²) in [5, 5.41) is 0. The highest BCUT2D eigenvalue weighted by Crippen LogP contribution is 2.32. The van der Waals surface area contributed by atoms with Gasteiger partial charge in [0.15, 0.2) is 11.6 Å². The predicted molar refractivity (Wildman–Crippen MR) is 183 cm³/mol. The van der Waals surface area contributed by atoms with Gasteiger partial charge in [0.05, 0.1) is 6.61 Å². The van der Waals surface area contributed by atoms with Gasteiger partial charge in [-0.1, -0.05) is 157 Å². The summed E-state index contributed by atoms with van der Waals surface area (Å²) in [5.74, 6) is -1.78. The normalized spacial score (nSPS) is 11.2. The topological polar surface area (TPSA) is 9.23 Å². The van der Waals surface area contributed by atoms with Gasteiger partial charge in [0.25, 0.3) is 0 Å². The first-order chi connectivity index (χ1) is 21.6. The standard InChI is InChI=1S/C41H50F2O/c1-3-5-7-8-9-10-11-12-13-15-31-44-39-30-29-38(40(42)41(39)43)37-27-25-36(26-28-37)35-23-21-34(22-24-35)33-19-17-32(18-20-33)16-14-6-4-2/h17-30H,3-16,31H2,1-2H3. The van der Waals surface area contributed by atoms with Gasteiger partial charge in [-0.25, -0.2) is 4.39 Å². The van der Waals surface area contributed by atoms with Gasteiger partial charge in [0.1, 0.15) is 0 Å². The second kappa shape index (κ2) is 18.4. The van der Waals surface area contributed by atoms with E-state index in [1.54, 1.807) is 12.1 Å². The second-order valence-corrected chi connectivity index (χ2v) is 12.1. The summed E-state index contributed by atoms with van der Waals surface area (Å²) >= 11 is 0. The fourth-order valence-electron chi connectivity index (χ4n) is 5.78. The van der Waals surface area contributed by atoms with Crippen molar-refractivity contribution in [1.29, 1.82) is 0 Å². The molecule has 0 fully saturated rings. The number of aryl methyl sites for hydroxylation is 1. The molecular formula is C41H50F2O. The van der Waals surface area contributed by atoms with E-state index in [1.807, 2.05) is 24.3 Å². The highest BCUT2D eigenvalue weighted by Gasteiger charge is 2.16. The maximum absolute atomic E-state index is 15.1. The van der Waals surface area contributed by atoms with E-state index >= 15 is 4.39 Å². The zero-order valence-corrected chi connectivity index (χ0v) is 26.9. The van der Waals surface area contributed by atoms with Crippen molar-refractivity contribution in [3.63, 3.8) is 0 Å². The highest BCUT2D eigenvalue weighted by atomic mass is 19.2. The van der Waals surface area contributed by atoms with Gasteiger partial charge < -0.3 is 4.74 Å². The van der Waals surface area contributed by atoms with Crippen LogP contribution >= 0.6 is 0 Å². The molecule has 0 saturated carbocycles. The average molecular weight is 597 g/mol. The summed E-state index contributed by atoms with van der Waals surface area (Å²) < 4.78 is 35.5. The first kappa shape index (κ1) is 33.4. The fourth-order valence-corrected chi connectivity index (χ4v) is 5.78. The molecule has 0 atom stereocenters. The number of ether oxygens (including phenoxy) is 1. The van der Waals surface area contributed by atoms with E-state index in [9.17, 15) is 4.39 Å². The van der Waals surface area contributed by atoms with Crippen LogP contribution in [0.1, 0.15) is 103 Å². The third kappa shape index (κ3) is 10.0. The maximum Gasteiger partial charge on any atom is 0.201 e. The summed E-state index contributed by atoms with van der Waals surface area (Å²) in [6.07, 6.45) is 17.1. The molecule has 0 bridgehead atoms. The van der Waals surface area contributed by atoms with Gasteiger partial charge in [0.2, 0.25) is 5.82 Å². The summed E-state index contributed by atoms with van der Waals surface area (Å²) in [4.78, 5) is 0. The number of benzene rings is 4. The Bertz CT molecular complexity index is 1370. The van der Waals surface area contributed by atoms with Crippen LogP contribution in [0.3, 0.4) is 0 Å². The highest BCUT2D eigenvalue weighted by molar-refractivity contribution is 5.73. The Morgan fingerprint density at radius 3 is 1.39 bits per heavy atom. The zero-order valence-electron chi connectivity index (χ0n) is 26.9. The van der Waals surface area contributed by atoms with Crippen LogP contribution in [0.15, 0.2) is 84.9 Å². The SMILES string of the molecule is CCCCCCCCCCCCOc1ccc(-c2ccc(-c3ccc(-c4ccc(CCCCC)cc4)cc3)cc2)c(F)c1F. The second-order valence-electron chi connectivity index (χ2n) is 12.1. The van der Waals surface area contributed by atoms with E-state index in [2.05, 4.69) is 62.4 Å². The molecule has 3 heteroatoms. The van der Waals surface area contributed by atoms with Crippen LogP contribution in [0, 0.1) is 11.6 Å². The van der Waals surface area contributed by atoms with Crippen LogP contribution in [0.25, 0.3) is 33.4 Å². The van der Waals surface area contributed by atoms with Crippen molar-refractivity contribution in [2.75, 3.05) is 6.61 Å². The van der Waals surface area contributed by atoms with Gasteiger partial charge in [-0.05, 0) is 64.8 Å². The van der Waals surface area contributed by atoms with E-state index in [4.69, 9.17) is 4.74 Å². The molecule has 4 aromatic carbocycles. The summed E-state index contributed by atoms with van der Waals surface area (Å²) in [6, 6.07) is 28.2. The fraction of sp³-hybridized carbons (Fsp3) is 0.415. The molecule has 0 radical (unpaired) electrons. The molecule has 0 heterocycles. The largest absolute Gasteiger partial charge is 0.490 e. The number of unbranched alkanes of at least 4 members (excludes halogenated alkanes) is 11. The quantitative estimate of drug-likeness (QED) is 0.0978. The van der Waals surface area contributed by atoms with Crippen LogP contribution < -0.4 is 4.74 Å². The van der Waals surface area contributed by atoms with Crippen LogP contribution in [0.2, 0.25) is 0 Å². The van der Waals surface area contributed by atoms with Crippen LogP contribution in [-0.2, 0) is 6.42 Å². The Hall–Kier alpha value is -3.46. The minimum Gasteiger partial charge on any atom is -0.490 e. The summed E-state index contributed by atoms with van der Waals surface area (Å²) in [5.41, 5.74) is 6.78. The molecule has 0 aromatic heterocycles. The lowest BCUT2D eigenvalue weighted by Gasteiger charge is -2.11. The van der Waals surface area contributed by atoms with Gasteiger partial charge >= 0.3 is 0 Å². The van der Waals surface area contributed by atoms with E-state index in [0.29, 0.717) is 12.2 Å². The van der Waals surface area contributed by atoms with E-state index in [0.717, 1.165) is 30.4 Å². The molecule has 0 aliphatic carbocycles. The summed E-state index contributed by atoms with van der Waals surface area (Å²) in [7, 11) is 0. The average Bonchev–Trinajstić information content (AvgIpc) is 3.06. The van der Waals surface area contributed by atoms with Gasteiger partial charge in [0, 0.05) is 5.56 Å². The lowest BCUT2D eigenvalue weighted by atomic mass is 9.97. The molecule has 0 amide bonds. The van der Waals surface area contributed by atoms with Crippen molar-refractivity contribution in [1.82, 2.24) is 0 Å².